The highest BCUT2D eigenvalue weighted by Gasteiger charge is 2.35. The first-order valence-corrected chi connectivity index (χ1v) is 10.3. The fourth-order valence-electron chi connectivity index (χ4n) is 3.76. The molecule has 1 heterocycles. The van der Waals surface area contributed by atoms with Gasteiger partial charge in [-0.15, -0.1) is 0 Å². The van der Waals surface area contributed by atoms with Gasteiger partial charge in [-0.25, -0.2) is 9.59 Å². The molecule has 3 rings (SSSR count). The summed E-state index contributed by atoms with van der Waals surface area (Å²) in [6.07, 6.45) is 0. The fraction of sp³-hybridized carbons (Fsp3) is 0.333. The first-order chi connectivity index (χ1) is 14.4. The molecule has 0 saturated heterocycles. The van der Waals surface area contributed by atoms with E-state index < -0.39 is 12.0 Å². The molecule has 2 aromatic rings. The molecule has 1 aliphatic heterocycles. The Kier molecular flexibility index (Phi) is 6.90. The van der Waals surface area contributed by atoms with Gasteiger partial charge in [0.2, 0.25) is 0 Å². The van der Waals surface area contributed by atoms with E-state index >= 15 is 0 Å². The Morgan fingerprint density at radius 2 is 1.83 bits per heavy atom. The molecular weight excluding hydrogens is 378 g/mol. The molecule has 0 saturated carbocycles. The summed E-state index contributed by atoms with van der Waals surface area (Å²) < 4.78 is 5.35. The van der Waals surface area contributed by atoms with E-state index in [0.29, 0.717) is 17.8 Å². The molecule has 0 spiro atoms. The first kappa shape index (κ1) is 21.6. The van der Waals surface area contributed by atoms with Crippen LogP contribution in [0.25, 0.3) is 0 Å². The van der Waals surface area contributed by atoms with Crippen molar-refractivity contribution in [2.45, 2.75) is 40.3 Å². The first-order valence-electron chi connectivity index (χ1n) is 10.3. The molecule has 1 aliphatic rings. The zero-order chi connectivity index (χ0) is 21.7. The van der Waals surface area contributed by atoms with Gasteiger partial charge >= 0.3 is 12.0 Å². The molecule has 6 nitrogen and oxygen atoms in total. The number of nitrogens with two attached hydrogens (primary N) is 1. The molecule has 0 unspecified atom stereocenters. The van der Waals surface area contributed by atoms with Gasteiger partial charge in [0.15, 0.2) is 0 Å². The van der Waals surface area contributed by atoms with E-state index in [4.69, 9.17) is 4.74 Å². The minimum Gasteiger partial charge on any atom is -0.463 e. The van der Waals surface area contributed by atoms with Crippen LogP contribution in [0.3, 0.4) is 0 Å². The number of quaternary nitrogens is 1. The summed E-state index contributed by atoms with van der Waals surface area (Å²) in [6.45, 7) is 9.31. The standard InChI is InChI=1S/C24H29N3O3/c1-5-30-23(28)21-20(14-25-13-18-8-6-7-15(2)11-18)26-24(29)27-22(21)19-12-16(3)9-10-17(19)4/h6-12,22,25H,5,13-14H2,1-4H3,(H2,26,27,29)/p+1/t22-/m1/s1. The van der Waals surface area contributed by atoms with Crippen LogP contribution in [0.1, 0.15) is 40.8 Å². The van der Waals surface area contributed by atoms with E-state index in [9.17, 15) is 9.59 Å². The van der Waals surface area contributed by atoms with Crippen LogP contribution >= 0.6 is 0 Å². The average Bonchev–Trinajstić information content (AvgIpc) is 2.69. The maximum absolute atomic E-state index is 12.9. The lowest BCUT2D eigenvalue weighted by Crippen LogP contribution is -2.84. The van der Waals surface area contributed by atoms with Gasteiger partial charge < -0.3 is 20.7 Å². The number of amides is 2. The third-order valence-corrected chi connectivity index (χ3v) is 5.21. The number of hydrogen-bond acceptors (Lipinski definition) is 3. The van der Waals surface area contributed by atoms with Gasteiger partial charge in [-0.05, 0) is 38.8 Å². The number of urea groups is 1. The van der Waals surface area contributed by atoms with Gasteiger partial charge in [0, 0.05) is 5.56 Å². The van der Waals surface area contributed by atoms with Crippen molar-refractivity contribution in [2.75, 3.05) is 13.2 Å². The van der Waals surface area contributed by atoms with Gasteiger partial charge in [-0.2, -0.15) is 0 Å². The van der Waals surface area contributed by atoms with Crippen LogP contribution in [0.4, 0.5) is 4.79 Å². The highest BCUT2D eigenvalue weighted by molar-refractivity contribution is 5.95. The van der Waals surface area contributed by atoms with Crippen molar-refractivity contribution in [1.82, 2.24) is 10.6 Å². The van der Waals surface area contributed by atoms with Gasteiger partial charge in [0.25, 0.3) is 0 Å². The minimum absolute atomic E-state index is 0.274. The SMILES string of the molecule is CCOC(=O)C1=C(C[NH2+]Cc2cccc(C)c2)NC(=O)N[C@@H]1c1cc(C)ccc1C. The second kappa shape index (κ2) is 9.59. The van der Waals surface area contributed by atoms with Crippen LogP contribution in [0, 0.1) is 20.8 Å². The lowest BCUT2D eigenvalue weighted by Gasteiger charge is -2.30. The largest absolute Gasteiger partial charge is 0.463 e. The van der Waals surface area contributed by atoms with Crippen LogP contribution in [0.2, 0.25) is 0 Å². The van der Waals surface area contributed by atoms with Gasteiger partial charge in [0.05, 0.1) is 23.9 Å². The Hall–Kier alpha value is -3.12. The lowest BCUT2D eigenvalue weighted by atomic mass is 9.91. The van der Waals surface area contributed by atoms with E-state index in [1.54, 1.807) is 6.92 Å². The average molecular weight is 409 g/mol. The van der Waals surface area contributed by atoms with E-state index in [-0.39, 0.29) is 12.6 Å². The Balaban J connectivity index is 1.92. The van der Waals surface area contributed by atoms with Crippen molar-refractivity contribution < 1.29 is 19.6 Å². The number of benzene rings is 2. The number of aryl methyl sites for hydroxylation is 3. The van der Waals surface area contributed by atoms with Crippen molar-refractivity contribution >= 4 is 12.0 Å². The summed E-state index contributed by atoms with van der Waals surface area (Å²) in [5.74, 6) is -0.408. The molecule has 0 aromatic heterocycles. The van der Waals surface area contributed by atoms with Crippen molar-refractivity contribution in [2.24, 2.45) is 0 Å². The Morgan fingerprint density at radius 3 is 2.57 bits per heavy atom. The molecule has 0 aliphatic carbocycles. The number of ether oxygens (including phenoxy) is 1. The molecule has 30 heavy (non-hydrogen) atoms. The van der Waals surface area contributed by atoms with Gasteiger partial charge in [-0.1, -0.05) is 53.6 Å². The van der Waals surface area contributed by atoms with Crippen LogP contribution < -0.4 is 16.0 Å². The van der Waals surface area contributed by atoms with E-state index in [1.807, 2.05) is 38.1 Å². The zero-order valence-corrected chi connectivity index (χ0v) is 18.0. The second-order valence-electron chi connectivity index (χ2n) is 7.69. The molecule has 2 aromatic carbocycles. The molecule has 6 heteroatoms. The number of carbonyl (C=O) groups excluding carboxylic acids is 2. The Morgan fingerprint density at radius 1 is 1.07 bits per heavy atom. The quantitative estimate of drug-likeness (QED) is 0.616. The summed E-state index contributed by atoms with van der Waals surface area (Å²) in [7, 11) is 0. The smallest absolute Gasteiger partial charge is 0.338 e. The summed E-state index contributed by atoms with van der Waals surface area (Å²) in [4.78, 5) is 25.3. The van der Waals surface area contributed by atoms with E-state index in [1.165, 1.54) is 11.1 Å². The summed E-state index contributed by atoms with van der Waals surface area (Å²) >= 11 is 0. The van der Waals surface area contributed by atoms with Crippen LogP contribution in [0.5, 0.6) is 0 Å². The molecule has 0 bridgehead atoms. The summed E-state index contributed by atoms with van der Waals surface area (Å²) in [5.41, 5.74) is 6.44. The number of hydrogen-bond donors (Lipinski definition) is 3. The number of nitrogens with one attached hydrogen (secondary N) is 2. The molecule has 158 valence electrons. The van der Waals surface area contributed by atoms with Crippen molar-refractivity contribution in [1.29, 1.82) is 0 Å². The lowest BCUT2D eigenvalue weighted by molar-refractivity contribution is -0.664. The maximum atomic E-state index is 12.9. The van der Waals surface area contributed by atoms with Crippen LogP contribution in [-0.2, 0) is 16.1 Å². The highest BCUT2D eigenvalue weighted by atomic mass is 16.5. The number of carbonyl (C=O) groups is 2. The fourth-order valence-corrected chi connectivity index (χ4v) is 3.76. The Bertz CT molecular complexity index is 981. The molecule has 1 atom stereocenters. The van der Waals surface area contributed by atoms with Gasteiger partial charge in [-0.3, -0.25) is 0 Å². The van der Waals surface area contributed by atoms with E-state index in [2.05, 4.69) is 41.1 Å². The molecule has 0 radical (unpaired) electrons. The monoisotopic (exact) mass is 408 g/mol. The minimum atomic E-state index is -0.542. The van der Waals surface area contributed by atoms with E-state index in [0.717, 1.165) is 23.2 Å². The molecule has 4 N–H and O–H groups in total. The van der Waals surface area contributed by atoms with Crippen LogP contribution in [0.15, 0.2) is 53.7 Å². The van der Waals surface area contributed by atoms with Gasteiger partial charge in [0.1, 0.15) is 13.1 Å². The summed E-state index contributed by atoms with van der Waals surface area (Å²) in [5, 5.41) is 7.83. The second-order valence-corrected chi connectivity index (χ2v) is 7.69. The predicted octanol–water partition coefficient (Wildman–Crippen LogP) is 2.55. The maximum Gasteiger partial charge on any atom is 0.338 e. The highest BCUT2D eigenvalue weighted by Crippen LogP contribution is 2.30. The predicted molar refractivity (Wildman–Crippen MR) is 116 cm³/mol. The zero-order valence-electron chi connectivity index (χ0n) is 18.0. The third-order valence-electron chi connectivity index (χ3n) is 5.21. The third kappa shape index (κ3) is 5.07. The Labute approximate surface area is 177 Å². The number of rotatable bonds is 7. The van der Waals surface area contributed by atoms with Crippen LogP contribution in [-0.4, -0.2) is 25.2 Å². The molecule has 2 amide bonds. The summed E-state index contributed by atoms with van der Waals surface area (Å²) in [6, 6.07) is 13.5. The normalized spacial score (nSPS) is 16.1. The van der Waals surface area contributed by atoms with Crippen molar-refractivity contribution in [3.8, 4) is 0 Å². The molecular formula is C24H30N3O3+. The topological polar surface area (TPSA) is 84.0 Å². The van der Waals surface area contributed by atoms with Crippen molar-refractivity contribution in [3.63, 3.8) is 0 Å². The van der Waals surface area contributed by atoms with Crippen molar-refractivity contribution in [3.05, 3.63) is 81.6 Å². The molecule has 0 fully saturated rings. The number of esters is 1.